The summed E-state index contributed by atoms with van der Waals surface area (Å²) >= 11 is 0. The SMILES string of the molecule is C[C@@H](N)CN1CC[C@@H]2CCCC[C@@H]2C1. The molecule has 1 saturated heterocycles. The molecule has 1 aliphatic heterocycles. The van der Waals surface area contributed by atoms with Gasteiger partial charge in [-0.2, -0.15) is 0 Å². The molecule has 1 saturated carbocycles. The van der Waals surface area contributed by atoms with Crippen LogP contribution in [0.15, 0.2) is 0 Å². The maximum Gasteiger partial charge on any atom is 0.0139 e. The fourth-order valence-corrected chi connectivity index (χ4v) is 3.25. The van der Waals surface area contributed by atoms with Crippen molar-refractivity contribution in [2.45, 2.75) is 45.1 Å². The van der Waals surface area contributed by atoms with Crippen molar-refractivity contribution < 1.29 is 0 Å². The zero-order valence-corrected chi connectivity index (χ0v) is 9.41. The van der Waals surface area contributed by atoms with Crippen LogP contribution < -0.4 is 5.73 Å². The lowest BCUT2D eigenvalue weighted by molar-refractivity contribution is 0.0840. The fraction of sp³-hybridized carbons (Fsp3) is 1.00. The van der Waals surface area contributed by atoms with Gasteiger partial charge in [0.2, 0.25) is 0 Å². The first-order valence-corrected chi connectivity index (χ1v) is 6.23. The van der Waals surface area contributed by atoms with Crippen LogP contribution >= 0.6 is 0 Å². The number of piperidine rings is 1. The molecule has 0 aromatic heterocycles. The molecule has 2 heteroatoms. The second-order valence-electron chi connectivity index (χ2n) is 5.33. The first-order chi connectivity index (χ1) is 6.75. The normalized spacial score (nSPS) is 36.4. The molecule has 0 radical (unpaired) electrons. The van der Waals surface area contributed by atoms with Crippen LogP contribution in [-0.4, -0.2) is 30.6 Å². The lowest BCUT2D eigenvalue weighted by atomic mass is 9.75. The first-order valence-electron chi connectivity index (χ1n) is 6.23. The van der Waals surface area contributed by atoms with E-state index in [1.165, 1.54) is 45.2 Å². The maximum absolute atomic E-state index is 5.85. The standard InChI is InChI=1S/C12H24N2/c1-10(13)8-14-7-6-11-4-2-3-5-12(11)9-14/h10-12H,2-9,13H2,1H3/t10-,11+,12-/m1/s1. The molecule has 0 amide bonds. The van der Waals surface area contributed by atoms with Crippen molar-refractivity contribution in [3.05, 3.63) is 0 Å². The van der Waals surface area contributed by atoms with Gasteiger partial charge in [0.1, 0.15) is 0 Å². The molecule has 0 spiro atoms. The molecule has 82 valence electrons. The lowest BCUT2D eigenvalue weighted by Crippen LogP contribution is -2.45. The summed E-state index contributed by atoms with van der Waals surface area (Å²) < 4.78 is 0. The molecule has 1 heterocycles. The predicted octanol–water partition coefficient (Wildman–Crippen LogP) is 1.85. The fourth-order valence-electron chi connectivity index (χ4n) is 3.25. The summed E-state index contributed by atoms with van der Waals surface area (Å²) in [6.45, 7) is 5.84. The Morgan fingerprint density at radius 2 is 1.93 bits per heavy atom. The number of nitrogens with zero attached hydrogens (tertiary/aromatic N) is 1. The number of rotatable bonds is 2. The van der Waals surface area contributed by atoms with E-state index in [1.54, 1.807) is 0 Å². The van der Waals surface area contributed by atoms with E-state index in [-0.39, 0.29) is 0 Å². The molecule has 14 heavy (non-hydrogen) atoms. The highest BCUT2D eigenvalue weighted by Crippen LogP contribution is 2.35. The van der Waals surface area contributed by atoms with Gasteiger partial charge in [-0.15, -0.1) is 0 Å². The van der Waals surface area contributed by atoms with Gasteiger partial charge in [0.15, 0.2) is 0 Å². The highest BCUT2D eigenvalue weighted by molar-refractivity contribution is 4.84. The van der Waals surface area contributed by atoms with E-state index in [9.17, 15) is 0 Å². The molecular formula is C12H24N2. The zero-order valence-electron chi connectivity index (χ0n) is 9.41. The molecule has 1 aliphatic carbocycles. The van der Waals surface area contributed by atoms with Gasteiger partial charge >= 0.3 is 0 Å². The first kappa shape index (κ1) is 10.4. The third kappa shape index (κ3) is 2.48. The van der Waals surface area contributed by atoms with Crippen LogP contribution in [-0.2, 0) is 0 Å². The Hall–Kier alpha value is -0.0800. The molecule has 2 fully saturated rings. The Labute approximate surface area is 87.8 Å². The van der Waals surface area contributed by atoms with Crippen molar-refractivity contribution in [2.75, 3.05) is 19.6 Å². The van der Waals surface area contributed by atoms with Gasteiger partial charge in [-0.05, 0) is 38.1 Å². The largest absolute Gasteiger partial charge is 0.327 e. The van der Waals surface area contributed by atoms with E-state index >= 15 is 0 Å². The molecular weight excluding hydrogens is 172 g/mol. The summed E-state index contributed by atoms with van der Waals surface area (Å²) in [5, 5.41) is 0. The molecule has 2 nitrogen and oxygen atoms in total. The van der Waals surface area contributed by atoms with Crippen LogP contribution in [0.5, 0.6) is 0 Å². The van der Waals surface area contributed by atoms with Crippen molar-refractivity contribution in [2.24, 2.45) is 17.6 Å². The highest BCUT2D eigenvalue weighted by atomic mass is 15.1. The van der Waals surface area contributed by atoms with E-state index in [1.807, 2.05) is 0 Å². The van der Waals surface area contributed by atoms with Crippen molar-refractivity contribution in [1.82, 2.24) is 4.90 Å². The third-order valence-electron chi connectivity index (χ3n) is 3.92. The van der Waals surface area contributed by atoms with Gasteiger partial charge in [0, 0.05) is 19.1 Å². The Balaban J connectivity index is 1.83. The average Bonchev–Trinajstić information content (AvgIpc) is 2.17. The summed E-state index contributed by atoms with van der Waals surface area (Å²) in [6, 6.07) is 0.343. The average molecular weight is 196 g/mol. The molecule has 0 aromatic rings. The van der Waals surface area contributed by atoms with Crippen LogP contribution in [0.4, 0.5) is 0 Å². The summed E-state index contributed by atoms with van der Waals surface area (Å²) in [5.41, 5.74) is 5.85. The Kier molecular flexibility index (Phi) is 3.45. The lowest BCUT2D eigenvalue weighted by Gasteiger charge is -2.41. The topological polar surface area (TPSA) is 29.3 Å². The molecule has 0 unspecified atom stereocenters. The van der Waals surface area contributed by atoms with E-state index in [0.29, 0.717) is 6.04 Å². The molecule has 0 bridgehead atoms. The van der Waals surface area contributed by atoms with Gasteiger partial charge in [0.25, 0.3) is 0 Å². The minimum absolute atomic E-state index is 0.343. The van der Waals surface area contributed by atoms with Gasteiger partial charge in [-0.25, -0.2) is 0 Å². The number of fused-ring (bicyclic) bond motifs is 1. The Bertz CT molecular complexity index is 179. The van der Waals surface area contributed by atoms with Crippen molar-refractivity contribution >= 4 is 0 Å². The summed E-state index contributed by atoms with van der Waals surface area (Å²) in [6.07, 6.45) is 7.34. The Morgan fingerprint density at radius 1 is 1.21 bits per heavy atom. The van der Waals surface area contributed by atoms with Gasteiger partial charge in [-0.3, -0.25) is 0 Å². The minimum atomic E-state index is 0.343. The monoisotopic (exact) mass is 196 g/mol. The van der Waals surface area contributed by atoms with Crippen LogP contribution in [0.25, 0.3) is 0 Å². The number of nitrogens with two attached hydrogens (primary N) is 1. The van der Waals surface area contributed by atoms with Gasteiger partial charge in [-0.1, -0.05) is 19.3 Å². The minimum Gasteiger partial charge on any atom is -0.327 e. The number of likely N-dealkylation sites (tertiary alicyclic amines) is 1. The smallest absolute Gasteiger partial charge is 0.0139 e. The summed E-state index contributed by atoms with van der Waals surface area (Å²) in [7, 11) is 0. The summed E-state index contributed by atoms with van der Waals surface area (Å²) in [4.78, 5) is 2.58. The van der Waals surface area contributed by atoms with Gasteiger partial charge < -0.3 is 10.6 Å². The van der Waals surface area contributed by atoms with E-state index in [4.69, 9.17) is 5.73 Å². The second kappa shape index (κ2) is 4.63. The van der Waals surface area contributed by atoms with Crippen LogP contribution in [0.2, 0.25) is 0 Å². The summed E-state index contributed by atoms with van der Waals surface area (Å²) in [5.74, 6) is 2.05. The predicted molar refractivity (Wildman–Crippen MR) is 60.2 cm³/mol. The van der Waals surface area contributed by atoms with Crippen molar-refractivity contribution in [3.63, 3.8) is 0 Å². The van der Waals surface area contributed by atoms with Crippen LogP contribution in [0.1, 0.15) is 39.0 Å². The molecule has 2 N–H and O–H groups in total. The molecule has 3 atom stereocenters. The zero-order chi connectivity index (χ0) is 9.97. The third-order valence-corrected chi connectivity index (χ3v) is 3.92. The van der Waals surface area contributed by atoms with Crippen LogP contribution in [0.3, 0.4) is 0 Å². The van der Waals surface area contributed by atoms with Gasteiger partial charge in [0.05, 0.1) is 0 Å². The quantitative estimate of drug-likeness (QED) is 0.730. The van der Waals surface area contributed by atoms with Crippen molar-refractivity contribution in [1.29, 1.82) is 0 Å². The van der Waals surface area contributed by atoms with E-state index < -0.39 is 0 Å². The van der Waals surface area contributed by atoms with Crippen LogP contribution in [0, 0.1) is 11.8 Å². The van der Waals surface area contributed by atoms with E-state index in [2.05, 4.69) is 11.8 Å². The number of hydrogen-bond donors (Lipinski definition) is 1. The second-order valence-corrected chi connectivity index (χ2v) is 5.33. The molecule has 2 aliphatic rings. The Morgan fingerprint density at radius 3 is 2.64 bits per heavy atom. The maximum atomic E-state index is 5.85. The number of hydrogen-bond acceptors (Lipinski definition) is 2. The van der Waals surface area contributed by atoms with E-state index in [0.717, 1.165) is 18.4 Å². The molecule has 2 rings (SSSR count). The van der Waals surface area contributed by atoms with Crippen molar-refractivity contribution in [3.8, 4) is 0 Å². The highest BCUT2D eigenvalue weighted by Gasteiger charge is 2.30. The molecule has 0 aromatic carbocycles.